The van der Waals surface area contributed by atoms with E-state index in [1.165, 1.54) is 0 Å². The van der Waals surface area contributed by atoms with Crippen LogP contribution in [0.1, 0.15) is 44.5 Å². The number of nitrogens with one attached hydrogen (secondary N) is 1. The van der Waals surface area contributed by atoms with Crippen molar-refractivity contribution in [3.63, 3.8) is 0 Å². The molecule has 1 aliphatic carbocycles. The molecular formula is C29H42N6O6. The first-order chi connectivity index (χ1) is 19.8. The predicted molar refractivity (Wildman–Crippen MR) is 152 cm³/mol. The number of Topliss-reactive ketones (excluding diaryl/α,β-unsaturated/α-hetero) is 2. The molecule has 0 amide bonds. The minimum Gasteiger partial charge on any atom is -0.384 e. The van der Waals surface area contributed by atoms with Crippen LogP contribution in [0.2, 0.25) is 0 Å². The van der Waals surface area contributed by atoms with E-state index in [1.807, 2.05) is 38.1 Å². The molecule has 0 bridgehead atoms. The Kier molecular flexibility index (Phi) is 13.4. The van der Waals surface area contributed by atoms with E-state index in [0.717, 1.165) is 11.1 Å². The van der Waals surface area contributed by atoms with Crippen molar-refractivity contribution >= 4 is 11.6 Å². The molecule has 1 aliphatic rings. The van der Waals surface area contributed by atoms with Gasteiger partial charge in [0.15, 0.2) is 17.4 Å². The third-order valence-corrected chi connectivity index (χ3v) is 6.31. The maximum atomic E-state index is 13.0. The quantitative estimate of drug-likeness (QED) is 0.153. The van der Waals surface area contributed by atoms with E-state index in [2.05, 4.69) is 25.7 Å². The van der Waals surface area contributed by atoms with Crippen molar-refractivity contribution in [2.45, 2.75) is 46.6 Å². The zero-order chi connectivity index (χ0) is 29.5. The van der Waals surface area contributed by atoms with Gasteiger partial charge >= 0.3 is 0 Å². The highest BCUT2D eigenvalue weighted by molar-refractivity contribution is 6.22. The summed E-state index contributed by atoms with van der Waals surface area (Å²) in [5.41, 5.74) is 7.66. The number of ether oxygens (including phenoxy) is 4. The summed E-state index contributed by atoms with van der Waals surface area (Å²) < 4.78 is 21.9. The van der Waals surface area contributed by atoms with Crippen molar-refractivity contribution in [3.8, 4) is 11.4 Å². The zero-order valence-electron chi connectivity index (χ0n) is 24.3. The Morgan fingerprint density at radius 2 is 1.32 bits per heavy atom. The van der Waals surface area contributed by atoms with Crippen molar-refractivity contribution in [1.29, 1.82) is 0 Å². The summed E-state index contributed by atoms with van der Waals surface area (Å²) in [7, 11) is 0. The topological polar surface area (TPSA) is 161 Å². The van der Waals surface area contributed by atoms with Crippen LogP contribution in [0.15, 0.2) is 35.5 Å². The number of nitrogens with two attached hydrogens (primary N) is 1. The van der Waals surface area contributed by atoms with Crippen molar-refractivity contribution in [2.24, 2.45) is 11.1 Å². The number of rotatable bonds is 18. The van der Waals surface area contributed by atoms with E-state index in [4.69, 9.17) is 24.7 Å². The number of aryl methyl sites for hydroxylation is 1. The van der Waals surface area contributed by atoms with E-state index in [-0.39, 0.29) is 22.6 Å². The molecule has 224 valence electrons. The van der Waals surface area contributed by atoms with Crippen LogP contribution in [-0.2, 0) is 35.1 Å². The molecule has 1 aromatic heterocycles. The van der Waals surface area contributed by atoms with Gasteiger partial charge in [-0.15, -0.1) is 20.4 Å². The van der Waals surface area contributed by atoms with Crippen molar-refractivity contribution < 1.29 is 28.5 Å². The molecule has 12 heteroatoms. The minimum absolute atomic E-state index is 0.127. The standard InChI is InChI=1S/C29H42N6O6/c1-21-32-34-28(35-33-21)23-6-4-22(5-7-23)20-31-24(27-25(36)18-29(2,3)19-26(27)37)8-10-38-12-14-40-16-17-41-15-13-39-11-9-30/h4-7,31H,8-20,30H2,1-3H3. The monoisotopic (exact) mass is 570 g/mol. The van der Waals surface area contributed by atoms with Crippen LogP contribution in [0.25, 0.3) is 11.4 Å². The Hall–Kier alpha value is -3.16. The van der Waals surface area contributed by atoms with Crippen molar-refractivity contribution in [1.82, 2.24) is 25.7 Å². The maximum Gasteiger partial charge on any atom is 0.203 e. The number of allylic oxidation sites excluding steroid dienone is 1. The summed E-state index contributed by atoms with van der Waals surface area (Å²) in [5.74, 6) is 0.697. The SMILES string of the molecule is Cc1nnc(-c2ccc(CNC(CCOCCOCCOCCOCCN)=C3C(=O)CC(C)(C)CC3=O)cc2)nn1. The third kappa shape index (κ3) is 11.3. The Morgan fingerprint density at radius 1 is 0.805 bits per heavy atom. The van der Waals surface area contributed by atoms with Crippen molar-refractivity contribution in [2.75, 3.05) is 59.4 Å². The fourth-order valence-corrected chi connectivity index (χ4v) is 4.30. The second-order valence-electron chi connectivity index (χ2n) is 10.5. The predicted octanol–water partition coefficient (Wildman–Crippen LogP) is 1.96. The van der Waals surface area contributed by atoms with E-state index in [1.54, 1.807) is 6.92 Å². The van der Waals surface area contributed by atoms with Crippen LogP contribution in [-0.4, -0.2) is 91.4 Å². The fourth-order valence-electron chi connectivity index (χ4n) is 4.30. The highest BCUT2D eigenvalue weighted by atomic mass is 16.6. The van der Waals surface area contributed by atoms with E-state index < -0.39 is 0 Å². The van der Waals surface area contributed by atoms with Gasteiger partial charge in [-0.3, -0.25) is 9.59 Å². The summed E-state index contributed by atoms with van der Waals surface area (Å²) in [4.78, 5) is 26.0. The van der Waals surface area contributed by atoms with Crippen LogP contribution in [0.3, 0.4) is 0 Å². The van der Waals surface area contributed by atoms with Gasteiger partial charge in [-0.05, 0) is 17.9 Å². The van der Waals surface area contributed by atoms with Gasteiger partial charge in [0.2, 0.25) is 5.82 Å². The first kappa shape index (κ1) is 32.4. The maximum absolute atomic E-state index is 13.0. The van der Waals surface area contributed by atoms with Crippen LogP contribution < -0.4 is 11.1 Å². The fraction of sp³-hybridized carbons (Fsp3) is 0.586. The molecule has 1 heterocycles. The lowest BCUT2D eigenvalue weighted by Crippen LogP contribution is -2.34. The van der Waals surface area contributed by atoms with E-state index in [9.17, 15) is 9.59 Å². The zero-order valence-corrected chi connectivity index (χ0v) is 24.3. The smallest absolute Gasteiger partial charge is 0.203 e. The minimum atomic E-state index is -0.338. The van der Waals surface area contributed by atoms with Crippen molar-refractivity contribution in [3.05, 3.63) is 46.9 Å². The van der Waals surface area contributed by atoms with Crippen LogP contribution in [0, 0.1) is 12.3 Å². The number of ketones is 2. The molecule has 0 aliphatic heterocycles. The number of carbonyl (C=O) groups excluding carboxylic acids is 2. The molecule has 12 nitrogen and oxygen atoms in total. The third-order valence-electron chi connectivity index (χ3n) is 6.31. The molecule has 0 saturated heterocycles. The van der Waals surface area contributed by atoms with Gasteiger partial charge in [0.25, 0.3) is 0 Å². The molecule has 3 N–H and O–H groups in total. The number of carbonyl (C=O) groups is 2. The second kappa shape index (κ2) is 16.9. The number of nitrogens with zero attached hydrogens (tertiary/aromatic N) is 4. The molecule has 1 fully saturated rings. The van der Waals surface area contributed by atoms with Gasteiger partial charge in [-0.2, -0.15) is 0 Å². The van der Waals surface area contributed by atoms with Crippen LogP contribution in [0.4, 0.5) is 0 Å². The molecule has 2 aromatic rings. The lowest BCUT2D eigenvalue weighted by Gasteiger charge is -2.30. The lowest BCUT2D eigenvalue weighted by atomic mass is 9.73. The molecule has 3 rings (SSSR count). The lowest BCUT2D eigenvalue weighted by molar-refractivity contribution is -0.127. The molecular weight excluding hydrogens is 528 g/mol. The highest BCUT2D eigenvalue weighted by Crippen LogP contribution is 2.34. The summed E-state index contributed by atoms with van der Waals surface area (Å²) >= 11 is 0. The molecule has 1 saturated carbocycles. The average Bonchev–Trinajstić information content (AvgIpc) is 2.93. The summed E-state index contributed by atoms with van der Waals surface area (Å²) in [6, 6.07) is 7.65. The normalized spacial score (nSPS) is 14.9. The molecule has 0 atom stereocenters. The van der Waals surface area contributed by atoms with Gasteiger partial charge in [-0.25, -0.2) is 0 Å². The molecule has 41 heavy (non-hydrogen) atoms. The largest absolute Gasteiger partial charge is 0.384 e. The van der Waals surface area contributed by atoms with Gasteiger partial charge in [0, 0.05) is 43.6 Å². The van der Waals surface area contributed by atoms with E-state index >= 15 is 0 Å². The first-order valence-corrected chi connectivity index (χ1v) is 14.0. The summed E-state index contributed by atoms with van der Waals surface area (Å²) in [6.45, 7) is 10.2. The summed E-state index contributed by atoms with van der Waals surface area (Å²) in [5, 5.41) is 19.4. The second-order valence-corrected chi connectivity index (χ2v) is 10.5. The van der Waals surface area contributed by atoms with Gasteiger partial charge in [-0.1, -0.05) is 38.1 Å². The average molecular weight is 571 g/mol. The van der Waals surface area contributed by atoms with Gasteiger partial charge < -0.3 is 30.0 Å². The Morgan fingerprint density at radius 3 is 1.85 bits per heavy atom. The Bertz CT molecular complexity index is 1120. The van der Waals surface area contributed by atoms with Gasteiger partial charge in [0.05, 0.1) is 58.4 Å². The molecule has 1 aromatic carbocycles. The summed E-state index contributed by atoms with van der Waals surface area (Å²) in [6.07, 6.45) is 1.08. The Labute approximate surface area is 241 Å². The first-order valence-electron chi connectivity index (χ1n) is 14.0. The number of aromatic nitrogens is 4. The number of hydrogen-bond acceptors (Lipinski definition) is 12. The van der Waals surface area contributed by atoms with Crippen LogP contribution >= 0.6 is 0 Å². The number of benzene rings is 1. The Balaban J connectivity index is 1.49. The molecule has 0 radical (unpaired) electrons. The number of hydrogen-bond donors (Lipinski definition) is 2. The van der Waals surface area contributed by atoms with E-state index in [0.29, 0.717) is 103 Å². The highest BCUT2D eigenvalue weighted by Gasteiger charge is 2.37. The van der Waals surface area contributed by atoms with Gasteiger partial charge in [0.1, 0.15) is 0 Å². The van der Waals surface area contributed by atoms with Crippen LogP contribution in [0.5, 0.6) is 0 Å². The molecule has 0 unspecified atom stereocenters. The molecule has 0 spiro atoms.